The van der Waals surface area contributed by atoms with Crippen LogP contribution in [0.1, 0.15) is 251 Å². The Bertz CT molecular complexity index is 975. The number of aliphatic hydroxyl groups is 7. The molecule has 1 heterocycles. The van der Waals surface area contributed by atoms with Crippen LogP contribution in [0.3, 0.4) is 0 Å². The van der Waals surface area contributed by atoms with E-state index in [1.165, 1.54) is 180 Å². The Morgan fingerprint density at radius 1 is 0.500 bits per heavy atom. The largest absolute Gasteiger partial charge is 0.394 e. The summed E-state index contributed by atoms with van der Waals surface area (Å²) in [5.74, 6) is -0.701. The molecule has 1 aliphatic rings. The van der Waals surface area contributed by atoms with Crippen molar-refractivity contribution < 1.29 is 50.0 Å². The summed E-state index contributed by atoms with van der Waals surface area (Å²) in [7, 11) is 0. The van der Waals surface area contributed by atoms with E-state index in [0.717, 1.165) is 32.1 Å². The van der Waals surface area contributed by atoms with Gasteiger partial charge in [-0.2, -0.15) is 0 Å². The van der Waals surface area contributed by atoms with Crippen molar-refractivity contribution in [2.45, 2.75) is 306 Å². The van der Waals surface area contributed by atoms with Crippen molar-refractivity contribution in [1.29, 1.82) is 0 Å². The summed E-state index contributed by atoms with van der Waals surface area (Å²) in [6, 6.07) is -1.16. The van der Waals surface area contributed by atoms with E-state index in [-0.39, 0.29) is 6.42 Å². The molecular weight excluding hydrogens is 787 g/mol. The third-order valence-electron chi connectivity index (χ3n) is 13.2. The molecule has 0 aromatic heterocycles. The number of amides is 1. The molecule has 0 aromatic rings. The molecule has 1 rings (SSSR count). The molecule has 8 N–H and O–H groups in total. The number of hydrogen-bond acceptors (Lipinski definition) is 10. The minimum atomic E-state index is -1.65. The van der Waals surface area contributed by atoms with Gasteiger partial charge in [-0.15, -0.1) is 0 Å². The fourth-order valence-corrected chi connectivity index (χ4v) is 8.80. The van der Waals surface area contributed by atoms with Gasteiger partial charge in [0.2, 0.25) is 5.91 Å². The number of rotatable bonds is 45. The fraction of sp³-hybridized carbons (Fsp3) is 0.980. The molecule has 0 spiro atoms. The van der Waals surface area contributed by atoms with Crippen LogP contribution in [0.25, 0.3) is 0 Å². The molecule has 1 aliphatic heterocycles. The van der Waals surface area contributed by atoms with E-state index in [1.54, 1.807) is 0 Å². The van der Waals surface area contributed by atoms with Gasteiger partial charge in [-0.1, -0.05) is 239 Å². The first-order valence-corrected chi connectivity index (χ1v) is 26.4. The molecule has 11 nitrogen and oxygen atoms in total. The van der Waals surface area contributed by atoms with Crippen molar-refractivity contribution in [3.8, 4) is 0 Å². The Kier molecular flexibility index (Phi) is 39.6. The van der Waals surface area contributed by atoms with Crippen molar-refractivity contribution in [2.24, 2.45) is 0 Å². The van der Waals surface area contributed by atoms with Crippen LogP contribution in [-0.2, 0) is 14.3 Å². The first-order chi connectivity index (χ1) is 30.2. The molecule has 9 unspecified atom stereocenters. The second-order valence-corrected chi connectivity index (χ2v) is 19.0. The predicted octanol–water partition coefficient (Wildman–Crippen LogP) is 9.84. The highest BCUT2D eigenvalue weighted by atomic mass is 16.7. The predicted molar refractivity (Wildman–Crippen MR) is 252 cm³/mol. The van der Waals surface area contributed by atoms with Crippen LogP contribution in [0.2, 0.25) is 0 Å². The topological polar surface area (TPSA) is 189 Å². The summed E-state index contributed by atoms with van der Waals surface area (Å²) in [5.41, 5.74) is 0. The third kappa shape index (κ3) is 30.3. The highest BCUT2D eigenvalue weighted by molar-refractivity contribution is 5.80. The summed E-state index contributed by atoms with van der Waals surface area (Å²) in [6.07, 6.45) is 34.6. The lowest BCUT2D eigenvalue weighted by atomic mass is 9.98. The Morgan fingerprint density at radius 3 is 1.21 bits per heavy atom. The standard InChI is InChI=1S/C51H101NO10/c1-3-5-7-8-9-10-11-12-13-14-15-16-17-18-19-20-21-22-23-24-25-26-27-28-29-30-31-32-33-34-35-37-39-44(55)50(60)52-42(46(56)43(54)38-36-6-4-2)41-61-51-49(59)48(58)47(57)45(40-53)62-51/h42-49,51,53-59H,3-41H2,1-2H3,(H,52,60). The molecule has 11 heteroatoms. The molecule has 62 heavy (non-hydrogen) atoms. The third-order valence-corrected chi connectivity index (χ3v) is 13.2. The fourth-order valence-electron chi connectivity index (χ4n) is 8.80. The second kappa shape index (κ2) is 41.5. The van der Waals surface area contributed by atoms with Crippen LogP contribution in [0.4, 0.5) is 0 Å². The minimum absolute atomic E-state index is 0.265. The van der Waals surface area contributed by atoms with Crippen LogP contribution in [0.15, 0.2) is 0 Å². The lowest BCUT2D eigenvalue weighted by Crippen LogP contribution is -2.60. The van der Waals surface area contributed by atoms with Gasteiger partial charge in [-0.25, -0.2) is 0 Å². The van der Waals surface area contributed by atoms with E-state index in [9.17, 15) is 40.5 Å². The molecular formula is C51H101NO10. The average Bonchev–Trinajstić information content (AvgIpc) is 3.27. The zero-order valence-electron chi connectivity index (χ0n) is 40.1. The van der Waals surface area contributed by atoms with E-state index in [4.69, 9.17) is 9.47 Å². The van der Waals surface area contributed by atoms with E-state index in [0.29, 0.717) is 19.3 Å². The lowest BCUT2D eigenvalue weighted by Gasteiger charge is -2.40. The Morgan fingerprint density at radius 2 is 0.839 bits per heavy atom. The maximum Gasteiger partial charge on any atom is 0.249 e. The second-order valence-electron chi connectivity index (χ2n) is 19.0. The van der Waals surface area contributed by atoms with Gasteiger partial charge in [0.15, 0.2) is 6.29 Å². The van der Waals surface area contributed by atoms with Crippen LogP contribution < -0.4 is 5.32 Å². The Balaban J connectivity index is 2.03. The molecule has 0 aliphatic carbocycles. The van der Waals surface area contributed by atoms with E-state index >= 15 is 0 Å². The summed E-state index contributed by atoms with van der Waals surface area (Å²) >= 11 is 0. The van der Waals surface area contributed by atoms with Gasteiger partial charge in [0.05, 0.1) is 25.4 Å². The maximum absolute atomic E-state index is 13.0. The molecule has 0 saturated carbocycles. The molecule has 1 fully saturated rings. The first-order valence-electron chi connectivity index (χ1n) is 26.4. The summed E-state index contributed by atoms with van der Waals surface area (Å²) in [5, 5.41) is 74.7. The van der Waals surface area contributed by atoms with Crippen molar-refractivity contribution in [1.82, 2.24) is 5.32 Å². The molecule has 0 radical (unpaired) electrons. The van der Waals surface area contributed by atoms with Crippen molar-refractivity contribution in [2.75, 3.05) is 13.2 Å². The van der Waals surface area contributed by atoms with Gasteiger partial charge in [0.25, 0.3) is 0 Å². The van der Waals surface area contributed by atoms with Gasteiger partial charge >= 0.3 is 0 Å². The van der Waals surface area contributed by atoms with Crippen LogP contribution in [0, 0.1) is 0 Å². The van der Waals surface area contributed by atoms with Crippen molar-refractivity contribution in [3.63, 3.8) is 0 Å². The zero-order chi connectivity index (χ0) is 45.5. The average molecular weight is 888 g/mol. The molecule has 0 bridgehead atoms. The number of ether oxygens (including phenoxy) is 2. The molecule has 9 atom stereocenters. The van der Waals surface area contributed by atoms with Gasteiger partial charge in [0, 0.05) is 0 Å². The van der Waals surface area contributed by atoms with Crippen LogP contribution >= 0.6 is 0 Å². The van der Waals surface area contributed by atoms with E-state index < -0.39 is 74.2 Å². The Labute approximate surface area is 379 Å². The number of aliphatic hydroxyl groups excluding tert-OH is 7. The van der Waals surface area contributed by atoms with Crippen LogP contribution in [0.5, 0.6) is 0 Å². The minimum Gasteiger partial charge on any atom is -0.394 e. The SMILES string of the molecule is CCCCCCCCCCCCCCCCCCCCCCCCCCCCCCCCCCC(O)C(=O)NC(COC1OC(CO)C(O)C(O)C1O)C(O)C(O)CCCCC. The number of carbonyl (C=O) groups is 1. The lowest BCUT2D eigenvalue weighted by molar-refractivity contribution is -0.303. The highest BCUT2D eigenvalue weighted by Gasteiger charge is 2.44. The number of carbonyl (C=O) groups excluding carboxylic acids is 1. The van der Waals surface area contributed by atoms with Gasteiger partial charge in [-0.3, -0.25) is 4.79 Å². The number of hydrogen-bond donors (Lipinski definition) is 8. The summed E-state index contributed by atoms with van der Waals surface area (Å²) in [4.78, 5) is 13.0. The summed E-state index contributed by atoms with van der Waals surface area (Å²) < 4.78 is 11.0. The highest BCUT2D eigenvalue weighted by Crippen LogP contribution is 2.23. The molecule has 0 aromatic carbocycles. The van der Waals surface area contributed by atoms with Crippen molar-refractivity contribution >= 4 is 5.91 Å². The van der Waals surface area contributed by atoms with Gasteiger partial charge < -0.3 is 50.5 Å². The number of nitrogens with one attached hydrogen (secondary N) is 1. The van der Waals surface area contributed by atoms with E-state index in [1.807, 2.05) is 6.92 Å². The maximum atomic E-state index is 13.0. The number of unbranched alkanes of at least 4 members (excludes halogenated alkanes) is 33. The van der Waals surface area contributed by atoms with Gasteiger partial charge in [0.1, 0.15) is 36.6 Å². The summed E-state index contributed by atoms with van der Waals surface area (Å²) in [6.45, 7) is 3.26. The normalized spacial score (nSPS) is 21.2. The van der Waals surface area contributed by atoms with Gasteiger partial charge in [-0.05, 0) is 12.8 Å². The molecule has 1 amide bonds. The Hall–Kier alpha value is -0.890. The molecule has 1 saturated heterocycles. The zero-order valence-corrected chi connectivity index (χ0v) is 40.1. The van der Waals surface area contributed by atoms with Crippen LogP contribution in [-0.4, -0.2) is 110 Å². The van der Waals surface area contributed by atoms with E-state index in [2.05, 4.69) is 12.2 Å². The molecule has 370 valence electrons. The quantitative estimate of drug-likeness (QED) is 0.0273. The van der Waals surface area contributed by atoms with Crippen molar-refractivity contribution in [3.05, 3.63) is 0 Å². The monoisotopic (exact) mass is 888 g/mol. The first kappa shape index (κ1) is 59.1. The smallest absolute Gasteiger partial charge is 0.249 e.